The molecule has 0 radical (unpaired) electrons. The van der Waals surface area contributed by atoms with Gasteiger partial charge >= 0.3 is 6.18 Å². The van der Waals surface area contributed by atoms with E-state index in [4.69, 9.17) is 0 Å². The van der Waals surface area contributed by atoms with Crippen LogP contribution in [-0.2, 0) is 0 Å². The molecule has 0 saturated carbocycles. The van der Waals surface area contributed by atoms with Gasteiger partial charge in [-0.3, -0.25) is 0 Å². The Labute approximate surface area is 71.6 Å². The summed E-state index contributed by atoms with van der Waals surface area (Å²) in [6, 6.07) is 0. The van der Waals surface area contributed by atoms with Crippen LogP contribution >= 0.6 is 0 Å². The van der Waals surface area contributed by atoms with Gasteiger partial charge in [-0.2, -0.15) is 13.2 Å². The topological polar surface area (TPSA) is 25.8 Å². The largest absolute Gasteiger partial charge is 0.425 e. The van der Waals surface area contributed by atoms with Gasteiger partial charge in [0.15, 0.2) is 0 Å². The zero-order chi connectivity index (χ0) is 10.1. The Bertz CT molecular complexity index is 297. The van der Waals surface area contributed by atoms with Crippen LogP contribution in [0.4, 0.5) is 17.6 Å². The Hall–Kier alpha value is -1.20. The van der Waals surface area contributed by atoms with E-state index in [0.717, 1.165) is 12.5 Å². The van der Waals surface area contributed by atoms with Crippen molar-refractivity contribution in [3.63, 3.8) is 0 Å². The summed E-state index contributed by atoms with van der Waals surface area (Å²) in [5.74, 6) is 0. The van der Waals surface area contributed by atoms with E-state index >= 15 is 0 Å². The van der Waals surface area contributed by atoms with E-state index in [9.17, 15) is 17.6 Å². The fourth-order valence-electron chi connectivity index (χ4n) is 0.829. The molecule has 0 spiro atoms. The third-order valence-electron chi connectivity index (χ3n) is 1.46. The quantitative estimate of drug-likeness (QED) is 0.641. The molecule has 0 fully saturated rings. The highest BCUT2D eigenvalue weighted by molar-refractivity contribution is 5.17. The van der Waals surface area contributed by atoms with E-state index in [1.165, 1.54) is 6.92 Å². The summed E-state index contributed by atoms with van der Waals surface area (Å²) in [6.45, 7) is 1.33. The van der Waals surface area contributed by atoms with Gasteiger partial charge < -0.3 is 0 Å². The predicted molar refractivity (Wildman–Crippen MR) is 36.7 cm³/mol. The molecule has 6 heteroatoms. The Morgan fingerprint density at radius 3 is 2.46 bits per heavy atom. The average molecular weight is 194 g/mol. The fourth-order valence-corrected chi connectivity index (χ4v) is 0.829. The highest BCUT2D eigenvalue weighted by atomic mass is 19.4. The highest BCUT2D eigenvalue weighted by Gasteiger charge is 2.43. The molecule has 1 aromatic rings. The van der Waals surface area contributed by atoms with Crippen LogP contribution in [0, 0.1) is 6.92 Å². The van der Waals surface area contributed by atoms with Crippen molar-refractivity contribution in [2.75, 3.05) is 0 Å². The summed E-state index contributed by atoms with van der Waals surface area (Å²) < 4.78 is 48.3. The summed E-state index contributed by atoms with van der Waals surface area (Å²) in [5.41, 5.74) is -0.533. The number of hydrogen-bond acceptors (Lipinski definition) is 2. The number of halogens is 4. The van der Waals surface area contributed by atoms with Crippen molar-refractivity contribution < 1.29 is 17.6 Å². The average Bonchev–Trinajstić information content (AvgIpc) is 2.02. The van der Waals surface area contributed by atoms with E-state index in [0.29, 0.717) is 0 Å². The summed E-state index contributed by atoms with van der Waals surface area (Å²) in [4.78, 5) is 6.70. The zero-order valence-electron chi connectivity index (χ0n) is 6.64. The number of alkyl halides is 4. The molecule has 0 N–H and O–H groups in total. The first kappa shape index (κ1) is 9.88. The molecular formula is C7H6F4N2. The maximum Gasteiger partial charge on any atom is 0.425 e. The zero-order valence-corrected chi connectivity index (χ0v) is 6.64. The van der Waals surface area contributed by atoms with Crippen molar-refractivity contribution in [1.29, 1.82) is 0 Å². The maximum atomic E-state index is 12.7. The maximum absolute atomic E-state index is 12.7. The molecule has 0 aliphatic heterocycles. The lowest BCUT2D eigenvalue weighted by Crippen LogP contribution is -2.18. The molecule has 0 aromatic carbocycles. The second kappa shape index (κ2) is 3.27. The monoisotopic (exact) mass is 194 g/mol. The van der Waals surface area contributed by atoms with Gasteiger partial charge in [0.2, 0.25) is 6.17 Å². The lowest BCUT2D eigenvalue weighted by Gasteiger charge is -2.12. The van der Waals surface area contributed by atoms with E-state index in [1.807, 2.05) is 0 Å². The van der Waals surface area contributed by atoms with Crippen molar-refractivity contribution in [2.24, 2.45) is 0 Å². The minimum absolute atomic E-state index is 0.0901. The minimum atomic E-state index is -4.90. The van der Waals surface area contributed by atoms with Crippen LogP contribution in [0.2, 0.25) is 0 Å². The molecule has 1 aromatic heterocycles. The molecular weight excluding hydrogens is 188 g/mol. The lowest BCUT2D eigenvalue weighted by molar-refractivity contribution is -0.184. The lowest BCUT2D eigenvalue weighted by atomic mass is 10.2. The van der Waals surface area contributed by atoms with Crippen molar-refractivity contribution in [3.05, 3.63) is 23.8 Å². The number of hydrogen-bond donors (Lipinski definition) is 0. The van der Waals surface area contributed by atoms with Crippen LogP contribution in [0.1, 0.15) is 17.4 Å². The van der Waals surface area contributed by atoms with Crippen LogP contribution in [0.25, 0.3) is 0 Å². The van der Waals surface area contributed by atoms with Gasteiger partial charge in [-0.1, -0.05) is 0 Å². The molecule has 1 heterocycles. The standard InChI is InChI=1S/C7H6F4N2/c1-4-2-12-3-13-5(4)6(8)7(9,10)11/h2-3,6H,1H3. The fraction of sp³-hybridized carbons (Fsp3) is 0.429. The van der Waals surface area contributed by atoms with Crippen molar-refractivity contribution >= 4 is 0 Å². The third kappa shape index (κ3) is 2.13. The van der Waals surface area contributed by atoms with Gasteiger partial charge in [0, 0.05) is 6.20 Å². The minimum Gasteiger partial charge on any atom is -0.245 e. The van der Waals surface area contributed by atoms with Crippen molar-refractivity contribution in [1.82, 2.24) is 9.97 Å². The molecule has 72 valence electrons. The van der Waals surface area contributed by atoms with Crippen LogP contribution in [0.3, 0.4) is 0 Å². The Morgan fingerprint density at radius 2 is 2.00 bits per heavy atom. The molecule has 1 rings (SSSR count). The summed E-state index contributed by atoms with van der Waals surface area (Å²) in [6.07, 6.45) is -5.91. The predicted octanol–water partition coefficient (Wildman–Crippen LogP) is 2.36. The van der Waals surface area contributed by atoms with Crippen molar-refractivity contribution in [2.45, 2.75) is 19.3 Å². The SMILES string of the molecule is Cc1cncnc1C(F)C(F)(F)F. The number of nitrogens with zero attached hydrogens (tertiary/aromatic N) is 2. The molecule has 0 aliphatic carbocycles. The van der Waals surface area contributed by atoms with Crippen molar-refractivity contribution in [3.8, 4) is 0 Å². The van der Waals surface area contributed by atoms with Gasteiger partial charge in [0.25, 0.3) is 0 Å². The smallest absolute Gasteiger partial charge is 0.245 e. The first-order valence-electron chi connectivity index (χ1n) is 3.40. The van der Waals surface area contributed by atoms with Crippen LogP contribution in [0.5, 0.6) is 0 Å². The first-order valence-corrected chi connectivity index (χ1v) is 3.40. The van der Waals surface area contributed by atoms with Gasteiger partial charge in [-0.15, -0.1) is 0 Å². The van der Waals surface area contributed by atoms with Crippen LogP contribution in [-0.4, -0.2) is 16.1 Å². The highest BCUT2D eigenvalue weighted by Crippen LogP contribution is 2.35. The third-order valence-corrected chi connectivity index (χ3v) is 1.46. The van der Waals surface area contributed by atoms with Gasteiger partial charge in [0.1, 0.15) is 6.33 Å². The number of aromatic nitrogens is 2. The molecule has 0 saturated heterocycles. The Balaban J connectivity index is 3.02. The normalized spacial score (nSPS) is 14.2. The van der Waals surface area contributed by atoms with E-state index in [2.05, 4.69) is 9.97 Å². The van der Waals surface area contributed by atoms with Gasteiger partial charge in [0.05, 0.1) is 5.69 Å². The molecule has 2 nitrogen and oxygen atoms in total. The summed E-state index contributed by atoms with van der Waals surface area (Å²) in [7, 11) is 0. The van der Waals surface area contributed by atoms with E-state index in [1.54, 1.807) is 0 Å². The molecule has 13 heavy (non-hydrogen) atoms. The molecule has 1 unspecified atom stereocenters. The van der Waals surface area contributed by atoms with Gasteiger partial charge in [-0.05, 0) is 12.5 Å². The summed E-state index contributed by atoms with van der Waals surface area (Å²) in [5, 5.41) is 0. The second-order valence-corrected chi connectivity index (χ2v) is 2.50. The van der Waals surface area contributed by atoms with E-state index in [-0.39, 0.29) is 5.56 Å². The number of aryl methyl sites for hydroxylation is 1. The Kier molecular flexibility index (Phi) is 2.49. The van der Waals surface area contributed by atoms with E-state index < -0.39 is 18.0 Å². The summed E-state index contributed by atoms with van der Waals surface area (Å²) >= 11 is 0. The van der Waals surface area contributed by atoms with Crippen LogP contribution < -0.4 is 0 Å². The molecule has 0 aliphatic rings. The number of rotatable bonds is 1. The van der Waals surface area contributed by atoms with Crippen LogP contribution in [0.15, 0.2) is 12.5 Å². The second-order valence-electron chi connectivity index (χ2n) is 2.50. The Morgan fingerprint density at radius 1 is 1.38 bits per heavy atom. The molecule has 1 atom stereocenters. The molecule has 0 bridgehead atoms. The van der Waals surface area contributed by atoms with Gasteiger partial charge in [-0.25, -0.2) is 14.4 Å². The molecule has 0 amide bonds. The first-order chi connectivity index (χ1) is 5.93.